The Hall–Kier alpha value is -2.77. The summed E-state index contributed by atoms with van der Waals surface area (Å²) in [6.45, 7) is 3.96. The van der Waals surface area contributed by atoms with E-state index in [4.69, 9.17) is 0 Å². The fourth-order valence-electron chi connectivity index (χ4n) is 3.25. The van der Waals surface area contributed by atoms with Crippen molar-refractivity contribution >= 4 is 11.6 Å². The third kappa shape index (κ3) is 3.99. The van der Waals surface area contributed by atoms with Crippen LogP contribution < -0.4 is 16.2 Å². The van der Waals surface area contributed by atoms with Gasteiger partial charge in [-0.3, -0.25) is 9.59 Å². The van der Waals surface area contributed by atoms with Crippen molar-refractivity contribution in [2.45, 2.75) is 44.9 Å². The van der Waals surface area contributed by atoms with Gasteiger partial charge in [-0.15, -0.1) is 0 Å². The molecule has 0 saturated carbocycles. The van der Waals surface area contributed by atoms with Crippen LogP contribution in [0.3, 0.4) is 0 Å². The van der Waals surface area contributed by atoms with E-state index in [-0.39, 0.29) is 17.6 Å². The van der Waals surface area contributed by atoms with E-state index in [1.54, 1.807) is 4.98 Å². The molecule has 0 spiro atoms. The van der Waals surface area contributed by atoms with Crippen molar-refractivity contribution in [2.24, 2.45) is 0 Å². The van der Waals surface area contributed by atoms with E-state index >= 15 is 0 Å². The van der Waals surface area contributed by atoms with Gasteiger partial charge >= 0.3 is 6.18 Å². The highest BCUT2D eigenvalue weighted by Gasteiger charge is 2.33. The number of hydrogen-bond donors (Lipinski definition) is 3. The first-order valence-electron chi connectivity index (χ1n) is 8.67. The van der Waals surface area contributed by atoms with Gasteiger partial charge in [0, 0.05) is 11.7 Å². The van der Waals surface area contributed by atoms with Gasteiger partial charge in [-0.05, 0) is 43.5 Å². The van der Waals surface area contributed by atoms with Crippen LogP contribution in [0.25, 0.3) is 0 Å². The van der Waals surface area contributed by atoms with Crippen molar-refractivity contribution in [3.05, 3.63) is 63.1 Å². The molecule has 0 aliphatic carbocycles. The molecule has 1 aliphatic heterocycles. The molecule has 0 saturated heterocycles. The zero-order valence-corrected chi connectivity index (χ0v) is 14.9. The number of H-pyrrole nitrogens is 1. The maximum Gasteiger partial charge on any atom is 0.431 e. The van der Waals surface area contributed by atoms with Crippen LogP contribution in [0.2, 0.25) is 0 Å². The van der Waals surface area contributed by atoms with E-state index in [9.17, 15) is 22.8 Å². The number of pyridine rings is 1. The molecule has 1 unspecified atom stereocenters. The Bertz CT molecular complexity index is 921. The molecule has 2 atom stereocenters. The molecule has 27 heavy (non-hydrogen) atoms. The van der Waals surface area contributed by atoms with Crippen LogP contribution in [0.15, 0.2) is 35.1 Å². The third-order valence-corrected chi connectivity index (χ3v) is 4.72. The number of amides is 1. The van der Waals surface area contributed by atoms with Gasteiger partial charge in [-0.2, -0.15) is 13.2 Å². The molecule has 2 aromatic rings. The summed E-state index contributed by atoms with van der Waals surface area (Å²) in [4.78, 5) is 26.2. The number of aryl methyl sites for hydroxylation is 1. The van der Waals surface area contributed by atoms with E-state index in [1.807, 2.05) is 32.0 Å². The van der Waals surface area contributed by atoms with Crippen molar-refractivity contribution in [1.29, 1.82) is 0 Å². The van der Waals surface area contributed by atoms with Gasteiger partial charge in [0.15, 0.2) is 0 Å². The Labute approximate surface area is 154 Å². The van der Waals surface area contributed by atoms with E-state index in [2.05, 4.69) is 10.6 Å². The Kier molecular flexibility index (Phi) is 4.99. The number of hydrogen-bond acceptors (Lipinski definition) is 3. The first-order chi connectivity index (χ1) is 12.7. The summed E-state index contributed by atoms with van der Waals surface area (Å²) in [5, 5.41) is 6.21. The predicted octanol–water partition coefficient (Wildman–Crippen LogP) is 3.77. The number of anilines is 1. The largest absolute Gasteiger partial charge is 0.431 e. The average molecular weight is 379 g/mol. The van der Waals surface area contributed by atoms with Crippen LogP contribution >= 0.6 is 0 Å². The summed E-state index contributed by atoms with van der Waals surface area (Å²) in [5.41, 5.74) is 0.244. The zero-order chi connectivity index (χ0) is 19.8. The number of benzene rings is 1. The number of aromatic nitrogens is 1. The molecule has 0 radical (unpaired) electrons. The summed E-state index contributed by atoms with van der Waals surface area (Å²) in [6.07, 6.45) is -3.20. The molecule has 1 aromatic carbocycles. The molecule has 2 heterocycles. The predicted molar refractivity (Wildman–Crippen MR) is 95.8 cm³/mol. The lowest BCUT2D eigenvalue weighted by atomic mass is 9.90. The number of carbonyl (C=O) groups excluding carboxylic acids is 1. The van der Waals surface area contributed by atoms with Crippen LogP contribution in [-0.2, 0) is 6.18 Å². The van der Waals surface area contributed by atoms with Crippen molar-refractivity contribution in [3.8, 4) is 0 Å². The molecule has 1 aliphatic rings. The lowest BCUT2D eigenvalue weighted by Gasteiger charge is -2.33. The number of carbonyl (C=O) groups is 1. The molecule has 0 fully saturated rings. The van der Waals surface area contributed by atoms with Crippen LogP contribution in [0.1, 0.15) is 53.0 Å². The van der Waals surface area contributed by atoms with Crippen molar-refractivity contribution in [1.82, 2.24) is 10.3 Å². The van der Waals surface area contributed by atoms with Gasteiger partial charge in [-0.1, -0.05) is 24.6 Å². The standard InChI is InChI=1S/C19H20F3N3O2/c1-3-11-9-15(13-8-10(2)4-6-14(13)23-11)24-17(26)12-5-7-16(19(20,21)22)25-18(12)27/h4-8,11,15,23H,3,9H2,1-2H3,(H,24,26)(H,25,27)/t11?,15-/m1/s1. The second-order valence-electron chi connectivity index (χ2n) is 6.71. The van der Waals surface area contributed by atoms with Crippen molar-refractivity contribution in [2.75, 3.05) is 5.32 Å². The molecular formula is C19H20F3N3O2. The van der Waals surface area contributed by atoms with E-state index in [0.717, 1.165) is 29.3 Å². The fraction of sp³-hybridized carbons (Fsp3) is 0.368. The van der Waals surface area contributed by atoms with Crippen molar-refractivity contribution in [3.63, 3.8) is 0 Å². The highest BCUT2D eigenvalue weighted by atomic mass is 19.4. The lowest BCUT2D eigenvalue weighted by molar-refractivity contribution is -0.141. The van der Waals surface area contributed by atoms with Crippen LogP contribution in [0, 0.1) is 6.92 Å². The maximum absolute atomic E-state index is 12.7. The Morgan fingerprint density at radius 3 is 2.63 bits per heavy atom. The minimum Gasteiger partial charge on any atom is -0.382 e. The molecular weight excluding hydrogens is 359 g/mol. The first kappa shape index (κ1) is 19.0. The maximum atomic E-state index is 12.7. The first-order valence-corrected chi connectivity index (χ1v) is 8.67. The molecule has 1 aromatic heterocycles. The van der Waals surface area contributed by atoms with Gasteiger partial charge in [0.2, 0.25) is 0 Å². The second kappa shape index (κ2) is 7.09. The molecule has 0 bridgehead atoms. The summed E-state index contributed by atoms with van der Waals surface area (Å²) in [6, 6.07) is 7.28. The summed E-state index contributed by atoms with van der Waals surface area (Å²) < 4.78 is 38.0. The number of nitrogens with one attached hydrogen (secondary N) is 3. The average Bonchev–Trinajstić information content (AvgIpc) is 2.60. The zero-order valence-electron chi connectivity index (χ0n) is 14.9. The highest BCUT2D eigenvalue weighted by molar-refractivity contribution is 5.94. The SMILES string of the molecule is CCC1C[C@@H](NC(=O)c2ccc(C(F)(F)F)[nH]c2=O)c2cc(C)ccc2N1. The van der Waals surface area contributed by atoms with Gasteiger partial charge in [-0.25, -0.2) is 0 Å². The number of alkyl halides is 3. The molecule has 8 heteroatoms. The van der Waals surface area contributed by atoms with Crippen LogP contribution in [-0.4, -0.2) is 16.9 Å². The van der Waals surface area contributed by atoms with Gasteiger partial charge in [0.05, 0.1) is 6.04 Å². The van der Waals surface area contributed by atoms with E-state index < -0.39 is 23.3 Å². The number of halogens is 3. The fourth-order valence-corrected chi connectivity index (χ4v) is 3.25. The number of rotatable bonds is 3. The number of aromatic amines is 1. The summed E-state index contributed by atoms with van der Waals surface area (Å²) in [7, 11) is 0. The van der Waals surface area contributed by atoms with E-state index in [1.165, 1.54) is 0 Å². The van der Waals surface area contributed by atoms with E-state index in [0.29, 0.717) is 12.5 Å². The molecule has 5 nitrogen and oxygen atoms in total. The van der Waals surface area contributed by atoms with Crippen molar-refractivity contribution < 1.29 is 18.0 Å². The van der Waals surface area contributed by atoms with Gasteiger partial charge in [0.25, 0.3) is 11.5 Å². The molecule has 144 valence electrons. The smallest absolute Gasteiger partial charge is 0.382 e. The Morgan fingerprint density at radius 1 is 1.26 bits per heavy atom. The molecule has 3 N–H and O–H groups in total. The monoisotopic (exact) mass is 379 g/mol. The molecule has 3 rings (SSSR count). The third-order valence-electron chi connectivity index (χ3n) is 4.72. The molecule has 1 amide bonds. The van der Waals surface area contributed by atoms with Crippen LogP contribution in [0.5, 0.6) is 0 Å². The minimum atomic E-state index is -4.67. The second-order valence-corrected chi connectivity index (χ2v) is 6.71. The quantitative estimate of drug-likeness (QED) is 0.760. The summed E-state index contributed by atoms with van der Waals surface area (Å²) in [5.74, 6) is -0.695. The topological polar surface area (TPSA) is 74.0 Å². The Balaban J connectivity index is 1.88. The normalized spacial score (nSPS) is 19.1. The summed E-state index contributed by atoms with van der Waals surface area (Å²) >= 11 is 0. The van der Waals surface area contributed by atoms with Crippen LogP contribution in [0.4, 0.5) is 18.9 Å². The van der Waals surface area contributed by atoms with Gasteiger partial charge in [0.1, 0.15) is 11.3 Å². The van der Waals surface area contributed by atoms with Gasteiger partial charge < -0.3 is 15.6 Å². The highest BCUT2D eigenvalue weighted by Crippen LogP contribution is 2.34. The number of fused-ring (bicyclic) bond motifs is 1. The lowest BCUT2D eigenvalue weighted by Crippen LogP contribution is -2.39. The Morgan fingerprint density at radius 2 is 2.00 bits per heavy atom. The minimum absolute atomic E-state index is 0.149.